The van der Waals surface area contributed by atoms with Crippen molar-refractivity contribution in [2.45, 2.75) is 18.5 Å². The molecule has 0 unspecified atom stereocenters. The molecule has 4 rings (SSSR count). The van der Waals surface area contributed by atoms with Crippen LogP contribution in [0.4, 0.5) is 19.0 Å². The van der Waals surface area contributed by atoms with Gasteiger partial charge in [0.2, 0.25) is 5.91 Å². The number of hydrogen-bond acceptors (Lipinski definition) is 4. The predicted molar refractivity (Wildman–Crippen MR) is 103 cm³/mol. The number of benzene rings is 2. The van der Waals surface area contributed by atoms with Crippen LogP contribution in [0.1, 0.15) is 29.2 Å². The van der Waals surface area contributed by atoms with E-state index in [-0.39, 0.29) is 18.0 Å². The maximum absolute atomic E-state index is 13.1. The first-order valence-corrected chi connectivity index (χ1v) is 9.09. The molecule has 0 radical (unpaired) electrons. The predicted octanol–water partition coefficient (Wildman–Crippen LogP) is 4.38. The molecule has 2 aromatic carbocycles. The smallest absolute Gasteiger partial charge is 0.416 e. The Balaban J connectivity index is 1.83. The van der Waals surface area contributed by atoms with Crippen molar-refractivity contribution in [3.63, 3.8) is 0 Å². The number of carbonyl (C=O) groups excluding carboxylic acids is 1. The fourth-order valence-electron chi connectivity index (χ4n) is 3.68. The number of aromatic nitrogens is 2. The summed E-state index contributed by atoms with van der Waals surface area (Å²) in [7, 11) is 3.02. The molecule has 3 aromatic rings. The molecule has 156 valence electrons. The van der Waals surface area contributed by atoms with Gasteiger partial charge in [0.15, 0.2) is 11.5 Å². The number of anilines is 1. The summed E-state index contributed by atoms with van der Waals surface area (Å²) in [4.78, 5) is 16.9. The van der Waals surface area contributed by atoms with Crippen molar-refractivity contribution >= 4 is 11.7 Å². The van der Waals surface area contributed by atoms with Crippen molar-refractivity contribution in [3.05, 3.63) is 65.6 Å². The SMILES string of the molecule is COc1cccc([C@H]2CC(=O)Nc3c2ncn3-c2cccc(C(F)(F)F)c2)c1OC. The summed E-state index contributed by atoms with van der Waals surface area (Å²) in [6.07, 6.45) is -2.95. The Hall–Kier alpha value is -3.49. The highest BCUT2D eigenvalue weighted by Crippen LogP contribution is 2.44. The standard InChI is InChI=1S/C21H18F3N3O3/c1-29-16-8-4-7-14(19(16)30-2)15-10-17(28)26-20-18(15)25-11-27(20)13-6-3-5-12(9-13)21(22,23)24/h3-9,11,15H,10H2,1-2H3,(H,26,28)/t15-/m1/s1. The topological polar surface area (TPSA) is 65.4 Å². The zero-order valence-electron chi connectivity index (χ0n) is 16.2. The Bertz CT molecular complexity index is 1110. The fraction of sp³-hybridized carbons (Fsp3) is 0.238. The van der Waals surface area contributed by atoms with E-state index in [0.717, 1.165) is 12.1 Å². The quantitative estimate of drug-likeness (QED) is 0.684. The summed E-state index contributed by atoms with van der Waals surface area (Å²) < 4.78 is 51.7. The largest absolute Gasteiger partial charge is 0.493 e. The van der Waals surface area contributed by atoms with Crippen LogP contribution in [0.5, 0.6) is 11.5 Å². The van der Waals surface area contributed by atoms with E-state index in [9.17, 15) is 18.0 Å². The maximum Gasteiger partial charge on any atom is 0.416 e. The van der Waals surface area contributed by atoms with Crippen LogP contribution >= 0.6 is 0 Å². The Morgan fingerprint density at radius 1 is 1.13 bits per heavy atom. The number of halogens is 3. The van der Waals surface area contributed by atoms with Crippen molar-refractivity contribution < 1.29 is 27.4 Å². The second-order valence-electron chi connectivity index (χ2n) is 6.78. The maximum atomic E-state index is 13.1. The van der Waals surface area contributed by atoms with E-state index in [0.29, 0.717) is 28.6 Å². The minimum Gasteiger partial charge on any atom is -0.493 e. The van der Waals surface area contributed by atoms with E-state index in [1.165, 1.54) is 37.2 Å². The van der Waals surface area contributed by atoms with Crippen LogP contribution in [0.15, 0.2) is 48.8 Å². The van der Waals surface area contributed by atoms with E-state index < -0.39 is 17.7 Å². The minimum atomic E-state index is -4.48. The van der Waals surface area contributed by atoms with E-state index in [1.54, 1.807) is 12.1 Å². The number of hydrogen-bond donors (Lipinski definition) is 1. The van der Waals surface area contributed by atoms with Gasteiger partial charge in [-0.15, -0.1) is 0 Å². The summed E-state index contributed by atoms with van der Waals surface area (Å²) in [5.41, 5.74) is 0.716. The molecule has 0 bridgehead atoms. The number of fused-ring (bicyclic) bond motifs is 1. The molecule has 9 heteroatoms. The molecule has 0 aliphatic carbocycles. The highest BCUT2D eigenvalue weighted by Gasteiger charge is 2.34. The summed E-state index contributed by atoms with van der Waals surface area (Å²) >= 11 is 0. The third-order valence-electron chi connectivity index (χ3n) is 5.03. The van der Waals surface area contributed by atoms with Crippen LogP contribution in [0, 0.1) is 0 Å². The summed E-state index contributed by atoms with van der Waals surface area (Å²) in [5, 5.41) is 2.74. The minimum absolute atomic E-state index is 0.121. The van der Waals surface area contributed by atoms with Gasteiger partial charge in [0.1, 0.15) is 12.1 Å². The van der Waals surface area contributed by atoms with Crippen LogP contribution in [-0.2, 0) is 11.0 Å². The molecule has 1 aliphatic rings. The lowest BCUT2D eigenvalue weighted by molar-refractivity contribution is -0.137. The molecule has 1 aromatic heterocycles. The first kappa shape index (κ1) is 19.8. The van der Waals surface area contributed by atoms with Crippen molar-refractivity contribution in [2.75, 3.05) is 19.5 Å². The van der Waals surface area contributed by atoms with Gasteiger partial charge in [-0.1, -0.05) is 18.2 Å². The van der Waals surface area contributed by atoms with Crippen molar-refractivity contribution in [1.29, 1.82) is 0 Å². The summed E-state index contributed by atoms with van der Waals surface area (Å²) in [6.45, 7) is 0. The molecule has 1 amide bonds. The van der Waals surface area contributed by atoms with Crippen molar-refractivity contribution in [2.24, 2.45) is 0 Å². The molecule has 0 spiro atoms. The highest BCUT2D eigenvalue weighted by atomic mass is 19.4. The van der Waals surface area contributed by atoms with Gasteiger partial charge in [-0.25, -0.2) is 4.98 Å². The van der Waals surface area contributed by atoms with Gasteiger partial charge in [-0.3, -0.25) is 9.36 Å². The average Bonchev–Trinajstić information content (AvgIpc) is 3.15. The van der Waals surface area contributed by atoms with E-state index in [2.05, 4.69) is 10.3 Å². The zero-order valence-corrected chi connectivity index (χ0v) is 16.2. The molecule has 0 fully saturated rings. The molecular formula is C21H18F3N3O3. The van der Waals surface area contributed by atoms with Crippen LogP contribution in [0.2, 0.25) is 0 Å². The lowest BCUT2D eigenvalue weighted by atomic mass is 9.89. The van der Waals surface area contributed by atoms with Gasteiger partial charge in [0.25, 0.3) is 0 Å². The average molecular weight is 417 g/mol. The number of nitrogens with zero attached hydrogens (tertiary/aromatic N) is 2. The molecule has 30 heavy (non-hydrogen) atoms. The van der Waals surface area contributed by atoms with Gasteiger partial charge in [0, 0.05) is 23.6 Å². The number of ether oxygens (including phenoxy) is 2. The molecule has 1 atom stereocenters. The Labute approximate surface area is 170 Å². The second-order valence-corrected chi connectivity index (χ2v) is 6.78. The second kappa shape index (κ2) is 7.40. The number of imidazole rings is 1. The van der Waals surface area contributed by atoms with Crippen LogP contribution in [-0.4, -0.2) is 29.7 Å². The molecule has 2 heterocycles. The van der Waals surface area contributed by atoms with Gasteiger partial charge in [-0.2, -0.15) is 13.2 Å². The normalized spacial score (nSPS) is 16.0. The Morgan fingerprint density at radius 3 is 2.60 bits per heavy atom. The van der Waals surface area contributed by atoms with Crippen LogP contribution in [0.25, 0.3) is 5.69 Å². The van der Waals surface area contributed by atoms with Gasteiger partial charge in [-0.05, 0) is 24.3 Å². The van der Waals surface area contributed by atoms with Crippen LogP contribution < -0.4 is 14.8 Å². The number of para-hydroxylation sites is 1. The number of methoxy groups -OCH3 is 2. The highest BCUT2D eigenvalue weighted by molar-refractivity contribution is 5.94. The summed E-state index contributed by atoms with van der Waals surface area (Å²) in [6, 6.07) is 10.2. The summed E-state index contributed by atoms with van der Waals surface area (Å²) in [5.74, 6) is 0.622. The lowest BCUT2D eigenvalue weighted by Gasteiger charge is -2.25. The Morgan fingerprint density at radius 2 is 1.90 bits per heavy atom. The van der Waals surface area contributed by atoms with Gasteiger partial charge < -0.3 is 14.8 Å². The molecule has 0 saturated heterocycles. The third kappa shape index (κ3) is 3.36. The number of rotatable bonds is 4. The lowest BCUT2D eigenvalue weighted by Crippen LogP contribution is -2.25. The Kier molecular flexibility index (Phi) is 4.89. The number of amides is 1. The van der Waals surface area contributed by atoms with E-state index >= 15 is 0 Å². The van der Waals surface area contributed by atoms with Crippen molar-refractivity contribution in [3.8, 4) is 17.2 Å². The van der Waals surface area contributed by atoms with Gasteiger partial charge in [0.05, 0.1) is 25.5 Å². The van der Waals surface area contributed by atoms with E-state index in [4.69, 9.17) is 9.47 Å². The first-order chi connectivity index (χ1) is 14.3. The van der Waals surface area contributed by atoms with Gasteiger partial charge >= 0.3 is 6.18 Å². The molecule has 6 nitrogen and oxygen atoms in total. The molecule has 0 saturated carbocycles. The van der Waals surface area contributed by atoms with Crippen LogP contribution in [0.3, 0.4) is 0 Å². The first-order valence-electron chi connectivity index (χ1n) is 9.09. The molecule has 1 aliphatic heterocycles. The zero-order chi connectivity index (χ0) is 21.5. The monoisotopic (exact) mass is 417 g/mol. The number of nitrogens with one attached hydrogen (secondary N) is 1. The number of alkyl halides is 3. The fourth-order valence-corrected chi connectivity index (χ4v) is 3.68. The van der Waals surface area contributed by atoms with E-state index in [1.807, 2.05) is 6.07 Å². The van der Waals surface area contributed by atoms with Crippen molar-refractivity contribution in [1.82, 2.24) is 9.55 Å². The number of carbonyl (C=O) groups is 1. The molecular weight excluding hydrogens is 399 g/mol. The molecule has 1 N–H and O–H groups in total. The third-order valence-corrected chi connectivity index (χ3v) is 5.03.